The van der Waals surface area contributed by atoms with Gasteiger partial charge in [0.2, 0.25) is 0 Å². The van der Waals surface area contributed by atoms with Crippen molar-refractivity contribution >= 4 is 0 Å². The predicted octanol–water partition coefficient (Wildman–Crippen LogP) is 5.10. The third kappa shape index (κ3) is 4.39. The number of aryl methyl sites for hydroxylation is 1. The molecule has 0 amide bonds. The molecule has 0 aromatic heterocycles. The monoisotopic (exact) mass is 255 g/mol. The van der Waals surface area contributed by atoms with Crippen molar-refractivity contribution in [3.05, 3.63) is 35.4 Å². The van der Waals surface area contributed by atoms with Gasteiger partial charge >= 0.3 is 0 Å². The summed E-state index contributed by atoms with van der Waals surface area (Å²) in [6.45, 7) is 2.30. The lowest BCUT2D eigenvalue weighted by Gasteiger charge is -2.28. The van der Waals surface area contributed by atoms with E-state index in [-0.39, 0.29) is 0 Å². The molecule has 0 radical (unpaired) electrons. The zero-order chi connectivity index (χ0) is 13.5. The molecule has 0 N–H and O–H groups in total. The first-order chi connectivity index (χ1) is 9.31. The second-order valence-corrected chi connectivity index (χ2v) is 6.02. The Morgan fingerprint density at radius 1 is 1.00 bits per heavy atom. The summed E-state index contributed by atoms with van der Waals surface area (Å²) in [6, 6.07) is 10.3. The van der Waals surface area contributed by atoms with Crippen LogP contribution in [0.15, 0.2) is 24.3 Å². The lowest BCUT2D eigenvalue weighted by Crippen LogP contribution is -2.15. The summed E-state index contributed by atoms with van der Waals surface area (Å²) in [7, 11) is 0. The molecule has 0 unspecified atom stereocenters. The van der Waals surface area contributed by atoms with Crippen molar-refractivity contribution in [3.8, 4) is 6.07 Å². The molecule has 2 rings (SSSR count). The maximum absolute atomic E-state index is 8.78. The second kappa shape index (κ2) is 7.34. The van der Waals surface area contributed by atoms with Gasteiger partial charge in [-0.25, -0.2) is 0 Å². The zero-order valence-corrected chi connectivity index (χ0v) is 12.1. The number of benzene rings is 1. The summed E-state index contributed by atoms with van der Waals surface area (Å²) >= 11 is 0. The van der Waals surface area contributed by atoms with Crippen molar-refractivity contribution in [2.45, 2.75) is 58.3 Å². The highest BCUT2D eigenvalue weighted by molar-refractivity contribution is 5.31. The van der Waals surface area contributed by atoms with Crippen molar-refractivity contribution in [2.24, 2.45) is 11.8 Å². The molecule has 19 heavy (non-hydrogen) atoms. The minimum absolute atomic E-state index is 0.767. The number of nitrogens with zero attached hydrogens (tertiary/aromatic N) is 1. The van der Waals surface area contributed by atoms with Gasteiger partial charge in [0.15, 0.2) is 0 Å². The smallest absolute Gasteiger partial charge is 0.0991 e. The van der Waals surface area contributed by atoms with E-state index in [0.717, 1.165) is 17.4 Å². The van der Waals surface area contributed by atoms with Crippen LogP contribution in [0.3, 0.4) is 0 Å². The van der Waals surface area contributed by atoms with E-state index >= 15 is 0 Å². The van der Waals surface area contributed by atoms with Crippen LogP contribution in [0.25, 0.3) is 0 Å². The number of nitriles is 1. The van der Waals surface area contributed by atoms with Crippen LogP contribution in [-0.2, 0) is 6.42 Å². The summed E-state index contributed by atoms with van der Waals surface area (Å²) in [6.07, 6.45) is 11.0. The van der Waals surface area contributed by atoms with Crippen LogP contribution in [0, 0.1) is 23.2 Å². The van der Waals surface area contributed by atoms with Crippen LogP contribution in [0.5, 0.6) is 0 Å². The lowest BCUT2D eigenvalue weighted by atomic mass is 9.78. The predicted molar refractivity (Wildman–Crippen MR) is 79.8 cm³/mol. The highest BCUT2D eigenvalue weighted by atomic mass is 14.3. The molecule has 102 valence electrons. The fraction of sp³-hybridized carbons (Fsp3) is 0.611. The number of hydrogen-bond donors (Lipinski definition) is 0. The van der Waals surface area contributed by atoms with Crippen molar-refractivity contribution in [2.75, 3.05) is 0 Å². The minimum atomic E-state index is 0.767. The van der Waals surface area contributed by atoms with E-state index < -0.39 is 0 Å². The molecule has 1 aromatic carbocycles. The Bertz CT molecular complexity index is 404. The van der Waals surface area contributed by atoms with Gasteiger partial charge in [0, 0.05) is 0 Å². The molecule has 1 fully saturated rings. The number of hydrogen-bond acceptors (Lipinski definition) is 1. The molecule has 1 aliphatic rings. The van der Waals surface area contributed by atoms with Gasteiger partial charge in [-0.2, -0.15) is 5.26 Å². The van der Waals surface area contributed by atoms with Crippen LogP contribution in [0.1, 0.15) is 63.0 Å². The Morgan fingerprint density at radius 2 is 1.58 bits per heavy atom. The van der Waals surface area contributed by atoms with Gasteiger partial charge in [-0.05, 0) is 42.4 Å². The van der Waals surface area contributed by atoms with E-state index in [0.29, 0.717) is 0 Å². The second-order valence-electron chi connectivity index (χ2n) is 6.02. The molecule has 1 nitrogen and oxygen atoms in total. The highest BCUT2D eigenvalue weighted by Gasteiger charge is 2.20. The zero-order valence-electron chi connectivity index (χ0n) is 12.1. The normalized spacial score (nSPS) is 22.9. The van der Waals surface area contributed by atoms with Crippen LogP contribution >= 0.6 is 0 Å². The molecule has 0 aliphatic heterocycles. The van der Waals surface area contributed by atoms with Crippen molar-refractivity contribution in [1.82, 2.24) is 0 Å². The minimum Gasteiger partial charge on any atom is -0.192 e. The standard InChI is InChI=1S/C18H25N/c1-2-3-15-4-6-16(7-5-15)8-9-17-10-12-18(14-19)13-11-17/h10-13,15-16H,2-9H2,1H3. The molecule has 0 saturated heterocycles. The lowest BCUT2D eigenvalue weighted by molar-refractivity contribution is 0.252. The maximum Gasteiger partial charge on any atom is 0.0991 e. The number of rotatable bonds is 5. The van der Waals surface area contributed by atoms with Gasteiger partial charge < -0.3 is 0 Å². The molecular formula is C18H25N. The van der Waals surface area contributed by atoms with Gasteiger partial charge in [0.05, 0.1) is 11.6 Å². The van der Waals surface area contributed by atoms with Gasteiger partial charge in [-0.15, -0.1) is 0 Å². The Kier molecular flexibility index (Phi) is 5.45. The molecule has 1 heteroatoms. The third-order valence-corrected chi connectivity index (χ3v) is 4.59. The van der Waals surface area contributed by atoms with E-state index in [4.69, 9.17) is 5.26 Å². The Balaban J connectivity index is 1.73. The quantitative estimate of drug-likeness (QED) is 0.718. The summed E-state index contributed by atoms with van der Waals surface area (Å²) in [5, 5.41) is 8.78. The average Bonchev–Trinajstić information content (AvgIpc) is 2.47. The SMILES string of the molecule is CCCC1CCC(CCc2ccc(C#N)cc2)CC1. The third-order valence-electron chi connectivity index (χ3n) is 4.59. The van der Waals surface area contributed by atoms with E-state index in [1.165, 1.54) is 56.9 Å². The molecule has 1 aliphatic carbocycles. The van der Waals surface area contributed by atoms with E-state index in [1.807, 2.05) is 12.1 Å². The first-order valence-electron chi connectivity index (χ1n) is 7.81. The fourth-order valence-electron chi connectivity index (χ4n) is 3.33. The summed E-state index contributed by atoms with van der Waals surface area (Å²) < 4.78 is 0. The van der Waals surface area contributed by atoms with E-state index in [9.17, 15) is 0 Å². The largest absolute Gasteiger partial charge is 0.192 e. The highest BCUT2D eigenvalue weighted by Crippen LogP contribution is 2.33. The van der Waals surface area contributed by atoms with Gasteiger partial charge in [-0.1, -0.05) is 57.6 Å². The maximum atomic E-state index is 8.78. The fourth-order valence-corrected chi connectivity index (χ4v) is 3.33. The van der Waals surface area contributed by atoms with Crippen LogP contribution in [0.4, 0.5) is 0 Å². The van der Waals surface area contributed by atoms with Crippen molar-refractivity contribution < 1.29 is 0 Å². The molecule has 0 atom stereocenters. The molecule has 0 heterocycles. The van der Waals surface area contributed by atoms with E-state index in [2.05, 4.69) is 25.1 Å². The molecule has 0 bridgehead atoms. The van der Waals surface area contributed by atoms with E-state index in [1.54, 1.807) is 0 Å². The summed E-state index contributed by atoms with van der Waals surface area (Å²) in [5.74, 6) is 1.94. The average molecular weight is 255 g/mol. The van der Waals surface area contributed by atoms with Crippen LogP contribution in [0.2, 0.25) is 0 Å². The van der Waals surface area contributed by atoms with Crippen LogP contribution < -0.4 is 0 Å². The van der Waals surface area contributed by atoms with Crippen molar-refractivity contribution in [3.63, 3.8) is 0 Å². The summed E-state index contributed by atoms with van der Waals surface area (Å²) in [5.41, 5.74) is 2.15. The van der Waals surface area contributed by atoms with Gasteiger partial charge in [0.1, 0.15) is 0 Å². The molecule has 1 aromatic rings. The molecule has 1 saturated carbocycles. The first kappa shape index (κ1) is 14.1. The Hall–Kier alpha value is -1.29. The molecule has 0 spiro atoms. The topological polar surface area (TPSA) is 23.8 Å². The summed E-state index contributed by atoms with van der Waals surface area (Å²) in [4.78, 5) is 0. The Labute approximate surface area is 117 Å². The van der Waals surface area contributed by atoms with Gasteiger partial charge in [-0.3, -0.25) is 0 Å². The van der Waals surface area contributed by atoms with Crippen LogP contribution in [-0.4, -0.2) is 0 Å². The Morgan fingerprint density at radius 3 is 2.11 bits per heavy atom. The first-order valence-corrected chi connectivity index (χ1v) is 7.81. The van der Waals surface area contributed by atoms with Gasteiger partial charge in [0.25, 0.3) is 0 Å². The molecular weight excluding hydrogens is 230 g/mol. The van der Waals surface area contributed by atoms with Crippen molar-refractivity contribution in [1.29, 1.82) is 5.26 Å².